The van der Waals surface area contributed by atoms with Gasteiger partial charge in [0.05, 0.1) is 25.4 Å². The second-order valence-electron chi connectivity index (χ2n) is 24.3. The van der Waals surface area contributed by atoms with E-state index in [9.17, 15) is 30.3 Å². The predicted octanol–water partition coefficient (Wildman–Crippen LogP) is 20.3. The Hall–Kier alpha value is -4.19. The topological polar surface area (TPSA) is 149 Å². The molecule has 9 heteroatoms. The van der Waals surface area contributed by atoms with Crippen molar-refractivity contribution < 1.29 is 39.8 Å². The average molecular weight is 1240 g/mol. The molecule has 1 aliphatic heterocycles. The molecule has 1 heterocycles. The van der Waals surface area contributed by atoms with Gasteiger partial charge in [0.15, 0.2) is 6.29 Å². The highest BCUT2D eigenvalue weighted by molar-refractivity contribution is 5.76. The minimum atomic E-state index is -1.59. The summed E-state index contributed by atoms with van der Waals surface area (Å²) in [5.41, 5.74) is 0. The van der Waals surface area contributed by atoms with Crippen molar-refractivity contribution in [2.24, 2.45) is 0 Å². The summed E-state index contributed by atoms with van der Waals surface area (Å²) in [6, 6.07) is -0.843. The van der Waals surface area contributed by atoms with Crippen molar-refractivity contribution in [3.05, 3.63) is 158 Å². The maximum Gasteiger partial charge on any atom is 0.220 e. The third-order valence-corrected chi connectivity index (χ3v) is 16.1. The summed E-state index contributed by atoms with van der Waals surface area (Å²) < 4.78 is 11.3. The van der Waals surface area contributed by atoms with Gasteiger partial charge in [-0.25, -0.2) is 0 Å². The Labute approximate surface area is 546 Å². The Kier molecular flexibility index (Phi) is 62.1. The van der Waals surface area contributed by atoms with Crippen LogP contribution in [0.25, 0.3) is 0 Å². The molecular formula is C80H133NO8. The van der Waals surface area contributed by atoms with Gasteiger partial charge < -0.3 is 40.3 Å². The van der Waals surface area contributed by atoms with Crippen molar-refractivity contribution >= 4 is 5.91 Å². The number of unbranched alkanes of at least 4 members (excludes halogenated alkanes) is 27. The standard InChI is InChI=1S/C80H133NO8/c1-3-5-7-9-11-13-15-17-19-21-23-25-27-29-30-31-32-33-34-35-36-37-38-39-40-41-42-43-44-46-48-50-52-54-56-58-60-62-64-66-68-70-76(84)81-73(72-88-80-79(87)78(86)77(85)75(71-82)89-80)74(83)69-67-65-63-61-59-57-55-53-51-49-47-45-28-26-24-22-20-18-16-14-12-10-8-6-4-2/h5,7,11,13,17,19,23,25,29-30,32-33,35-36,38-39,41-42,44,46,51,53,59,61,67,69,73-75,77-80,82-83,85-87H,3-4,6,8-10,12,14-16,18,20-22,24,26-28,31,34,37,40,43,45,47-50,52,54-58,60,62-66,68,70-72H2,1-2H3,(H,81,84)/b7-5-,13-11-,19-17-,25-23-,30-29-,33-32-,36-35-,39-38-,42-41-,46-44-,53-51+,61-59+,69-67+. The van der Waals surface area contributed by atoms with Gasteiger partial charge in [-0.2, -0.15) is 0 Å². The number of carbonyl (C=O) groups excluding carboxylic acids is 1. The molecule has 1 saturated heterocycles. The second kappa shape index (κ2) is 66.7. The normalized spacial score (nSPS) is 18.8. The zero-order valence-corrected chi connectivity index (χ0v) is 56.6. The molecule has 506 valence electrons. The van der Waals surface area contributed by atoms with E-state index in [-0.39, 0.29) is 12.5 Å². The molecule has 0 saturated carbocycles. The van der Waals surface area contributed by atoms with Gasteiger partial charge in [0.1, 0.15) is 24.4 Å². The number of rotatable bonds is 61. The first-order valence-corrected chi connectivity index (χ1v) is 36.2. The summed E-state index contributed by atoms with van der Waals surface area (Å²) in [4.78, 5) is 13.1. The number of aliphatic hydroxyl groups excluding tert-OH is 5. The maximum atomic E-state index is 13.1. The lowest BCUT2D eigenvalue weighted by molar-refractivity contribution is -0.302. The molecule has 7 atom stereocenters. The maximum absolute atomic E-state index is 13.1. The number of amides is 1. The van der Waals surface area contributed by atoms with Crippen LogP contribution in [0, 0.1) is 0 Å². The van der Waals surface area contributed by atoms with Crippen LogP contribution in [0.3, 0.4) is 0 Å². The molecule has 6 N–H and O–H groups in total. The number of allylic oxidation sites excluding steroid dienone is 25. The average Bonchev–Trinajstić information content (AvgIpc) is 2.59. The zero-order valence-electron chi connectivity index (χ0n) is 56.6. The summed E-state index contributed by atoms with van der Waals surface area (Å²) in [6.07, 6.45) is 97.7. The fourth-order valence-corrected chi connectivity index (χ4v) is 10.5. The Morgan fingerprint density at radius 3 is 1.08 bits per heavy atom. The van der Waals surface area contributed by atoms with Gasteiger partial charge >= 0.3 is 0 Å². The van der Waals surface area contributed by atoms with Crippen LogP contribution in [0.1, 0.15) is 284 Å². The highest BCUT2D eigenvalue weighted by Crippen LogP contribution is 2.23. The van der Waals surface area contributed by atoms with Crippen LogP contribution in [-0.2, 0) is 14.3 Å². The van der Waals surface area contributed by atoms with Crippen LogP contribution < -0.4 is 5.32 Å². The fourth-order valence-electron chi connectivity index (χ4n) is 10.5. The van der Waals surface area contributed by atoms with E-state index in [2.05, 4.69) is 165 Å². The first-order chi connectivity index (χ1) is 43.8. The smallest absolute Gasteiger partial charge is 0.220 e. The van der Waals surface area contributed by atoms with E-state index in [0.29, 0.717) is 6.42 Å². The van der Waals surface area contributed by atoms with Gasteiger partial charge in [0.25, 0.3) is 0 Å². The minimum Gasteiger partial charge on any atom is -0.394 e. The SMILES string of the molecule is CC/C=C\C/C=C\C/C=C\C/C=C\C/C=C\C/C=C\C/C=C\C/C=C\C/C=C\C/C=C\CCCCCCCCCCCCC(=O)NC(COC1OC(CO)C(O)C(O)C1O)C(O)/C=C/CC/C=C/CC/C=C/CCCCCCCCCCCCCCCCC. The van der Waals surface area contributed by atoms with E-state index in [1.165, 1.54) is 135 Å². The van der Waals surface area contributed by atoms with Gasteiger partial charge in [-0.3, -0.25) is 4.79 Å². The summed E-state index contributed by atoms with van der Waals surface area (Å²) in [7, 11) is 0. The van der Waals surface area contributed by atoms with Crippen LogP contribution in [0.4, 0.5) is 0 Å². The quantitative estimate of drug-likeness (QED) is 0.0261. The zero-order chi connectivity index (χ0) is 64.2. The molecular weight excluding hydrogens is 1100 g/mol. The number of ether oxygens (including phenoxy) is 2. The van der Waals surface area contributed by atoms with Gasteiger partial charge in [0.2, 0.25) is 5.91 Å². The molecule has 0 radical (unpaired) electrons. The van der Waals surface area contributed by atoms with Gasteiger partial charge in [0, 0.05) is 6.42 Å². The molecule has 0 bridgehead atoms. The van der Waals surface area contributed by atoms with E-state index >= 15 is 0 Å². The van der Waals surface area contributed by atoms with Crippen LogP contribution in [0.15, 0.2) is 158 Å². The molecule has 0 aliphatic carbocycles. The van der Waals surface area contributed by atoms with Crippen molar-refractivity contribution in [1.82, 2.24) is 5.32 Å². The minimum absolute atomic E-state index is 0.200. The molecule has 1 aliphatic rings. The van der Waals surface area contributed by atoms with Crippen molar-refractivity contribution in [3.8, 4) is 0 Å². The molecule has 7 unspecified atom stereocenters. The largest absolute Gasteiger partial charge is 0.394 e. The van der Waals surface area contributed by atoms with Crippen LogP contribution in [0.5, 0.6) is 0 Å². The highest BCUT2D eigenvalue weighted by atomic mass is 16.7. The Bertz CT molecular complexity index is 1970. The third-order valence-electron chi connectivity index (χ3n) is 16.1. The predicted molar refractivity (Wildman–Crippen MR) is 382 cm³/mol. The van der Waals surface area contributed by atoms with E-state index in [1.54, 1.807) is 6.08 Å². The van der Waals surface area contributed by atoms with Crippen LogP contribution >= 0.6 is 0 Å². The second-order valence-corrected chi connectivity index (χ2v) is 24.3. The molecule has 0 spiro atoms. The van der Waals surface area contributed by atoms with E-state index in [0.717, 1.165) is 128 Å². The lowest BCUT2D eigenvalue weighted by atomic mass is 9.99. The molecule has 0 aromatic heterocycles. The van der Waals surface area contributed by atoms with Crippen molar-refractivity contribution in [2.75, 3.05) is 13.2 Å². The molecule has 89 heavy (non-hydrogen) atoms. The number of nitrogens with one attached hydrogen (secondary N) is 1. The number of carbonyl (C=O) groups is 1. The molecule has 0 aromatic rings. The molecule has 1 amide bonds. The Morgan fingerprint density at radius 1 is 0.393 bits per heavy atom. The lowest BCUT2D eigenvalue weighted by Crippen LogP contribution is -2.60. The molecule has 9 nitrogen and oxygen atoms in total. The van der Waals surface area contributed by atoms with Crippen LogP contribution in [0.2, 0.25) is 0 Å². The summed E-state index contributed by atoms with van der Waals surface area (Å²) in [5, 5.41) is 54.7. The van der Waals surface area contributed by atoms with Gasteiger partial charge in [-0.05, 0) is 122 Å². The monoisotopic (exact) mass is 1240 g/mol. The summed E-state index contributed by atoms with van der Waals surface area (Å²) in [6.45, 7) is 3.65. The van der Waals surface area contributed by atoms with Gasteiger partial charge in [-0.1, -0.05) is 313 Å². The van der Waals surface area contributed by atoms with E-state index < -0.39 is 49.5 Å². The van der Waals surface area contributed by atoms with Crippen molar-refractivity contribution in [2.45, 2.75) is 326 Å². The van der Waals surface area contributed by atoms with Crippen LogP contribution in [-0.4, -0.2) is 87.5 Å². The first kappa shape index (κ1) is 82.8. The first-order valence-electron chi connectivity index (χ1n) is 36.2. The number of aliphatic hydroxyl groups is 5. The Balaban J connectivity index is 2.17. The molecule has 1 rings (SSSR count). The Morgan fingerprint density at radius 2 is 0.708 bits per heavy atom. The van der Waals surface area contributed by atoms with Gasteiger partial charge in [-0.15, -0.1) is 0 Å². The van der Waals surface area contributed by atoms with E-state index in [1.807, 2.05) is 6.08 Å². The molecule has 1 fully saturated rings. The third kappa shape index (κ3) is 55.2. The fraction of sp³-hybridized carbons (Fsp3) is 0.662. The highest BCUT2D eigenvalue weighted by Gasteiger charge is 2.44. The lowest BCUT2D eigenvalue weighted by Gasteiger charge is -2.40. The number of hydrogen-bond acceptors (Lipinski definition) is 8. The summed E-state index contributed by atoms with van der Waals surface area (Å²) >= 11 is 0. The number of hydrogen-bond donors (Lipinski definition) is 6. The molecule has 0 aromatic carbocycles. The van der Waals surface area contributed by atoms with E-state index in [4.69, 9.17) is 9.47 Å². The van der Waals surface area contributed by atoms with Crippen molar-refractivity contribution in [3.63, 3.8) is 0 Å². The van der Waals surface area contributed by atoms with Crippen molar-refractivity contribution in [1.29, 1.82) is 0 Å². The summed E-state index contributed by atoms with van der Waals surface area (Å²) in [5.74, 6) is -0.200.